The summed E-state index contributed by atoms with van der Waals surface area (Å²) in [4.78, 5) is 35.5. The standard InChI is InChI=1S/C26H25N7O2S/c1-16-14-17(2)32-25(27-16)29-26(30-32)36-15-19-10-8-9-13-21(19)23(34)28-22-18(3)31(4)33(24(22)35)20-11-6-5-7-12-20/h5-14H,15H2,1-4H3,(H,28,34). The first-order valence-electron chi connectivity index (χ1n) is 11.4. The first kappa shape index (κ1) is 23.6. The Bertz CT molecular complexity index is 1650. The predicted octanol–water partition coefficient (Wildman–Crippen LogP) is 4.08. The summed E-state index contributed by atoms with van der Waals surface area (Å²) >= 11 is 1.43. The van der Waals surface area contributed by atoms with E-state index < -0.39 is 0 Å². The summed E-state index contributed by atoms with van der Waals surface area (Å²) in [7, 11) is 1.80. The zero-order valence-electron chi connectivity index (χ0n) is 20.4. The fourth-order valence-corrected chi connectivity index (χ4v) is 4.93. The SMILES string of the molecule is Cc1cc(C)n2nc(SCc3ccccc3C(=O)Nc3c(C)n(C)n(-c4ccccc4)c3=O)nc2n1. The van der Waals surface area contributed by atoms with Crippen LogP contribution in [0.3, 0.4) is 0 Å². The van der Waals surface area contributed by atoms with Gasteiger partial charge in [0.1, 0.15) is 5.69 Å². The highest BCUT2D eigenvalue weighted by atomic mass is 32.2. The summed E-state index contributed by atoms with van der Waals surface area (Å²) in [6, 6.07) is 18.6. The van der Waals surface area contributed by atoms with Crippen LogP contribution in [0.2, 0.25) is 0 Å². The van der Waals surface area contributed by atoms with Gasteiger partial charge >= 0.3 is 0 Å². The van der Waals surface area contributed by atoms with Crippen LogP contribution in [0.25, 0.3) is 11.5 Å². The molecule has 5 rings (SSSR count). The summed E-state index contributed by atoms with van der Waals surface area (Å²) in [5.74, 6) is 0.698. The van der Waals surface area contributed by atoms with Crippen molar-refractivity contribution in [2.75, 3.05) is 5.32 Å². The van der Waals surface area contributed by atoms with Crippen LogP contribution >= 0.6 is 11.8 Å². The number of hydrogen-bond acceptors (Lipinski definition) is 6. The number of para-hydroxylation sites is 1. The van der Waals surface area contributed by atoms with E-state index in [0.717, 1.165) is 22.6 Å². The Hall–Kier alpha value is -4.18. The van der Waals surface area contributed by atoms with E-state index in [-0.39, 0.29) is 17.2 Å². The van der Waals surface area contributed by atoms with Crippen molar-refractivity contribution in [1.82, 2.24) is 28.9 Å². The highest BCUT2D eigenvalue weighted by Gasteiger charge is 2.20. The van der Waals surface area contributed by atoms with Gasteiger partial charge in [-0.25, -0.2) is 14.2 Å². The van der Waals surface area contributed by atoms with E-state index in [0.29, 0.717) is 27.9 Å². The van der Waals surface area contributed by atoms with Crippen molar-refractivity contribution in [3.8, 4) is 5.69 Å². The molecule has 0 saturated carbocycles. The third-order valence-corrected chi connectivity index (χ3v) is 6.90. The molecule has 0 aliphatic carbocycles. The Morgan fingerprint density at radius 2 is 1.72 bits per heavy atom. The number of nitrogens with zero attached hydrogens (tertiary/aromatic N) is 6. The molecule has 3 aromatic heterocycles. The molecule has 0 saturated heterocycles. The van der Waals surface area contributed by atoms with E-state index in [2.05, 4.69) is 20.4 Å². The number of carbonyl (C=O) groups is 1. The van der Waals surface area contributed by atoms with Crippen LogP contribution in [-0.4, -0.2) is 34.9 Å². The Kier molecular flexibility index (Phi) is 6.19. The number of aromatic nitrogens is 6. The lowest BCUT2D eigenvalue weighted by Gasteiger charge is -2.09. The summed E-state index contributed by atoms with van der Waals surface area (Å²) in [6.07, 6.45) is 0. The van der Waals surface area contributed by atoms with E-state index in [4.69, 9.17) is 0 Å². The van der Waals surface area contributed by atoms with Gasteiger partial charge in [0.2, 0.25) is 5.16 Å². The number of aryl methyl sites for hydroxylation is 2. The number of rotatable bonds is 6. The van der Waals surface area contributed by atoms with Crippen molar-refractivity contribution in [2.24, 2.45) is 7.05 Å². The summed E-state index contributed by atoms with van der Waals surface area (Å²) in [5.41, 5.74) is 4.51. The Morgan fingerprint density at radius 3 is 2.50 bits per heavy atom. The van der Waals surface area contributed by atoms with E-state index in [1.165, 1.54) is 11.8 Å². The zero-order valence-corrected chi connectivity index (χ0v) is 21.2. The van der Waals surface area contributed by atoms with E-state index in [1.54, 1.807) is 27.0 Å². The van der Waals surface area contributed by atoms with Crippen LogP contribution in [0.4, 0.5) is 5.69 Å². The highest BCUT2D eigenvalue weighted by Crippen LogP contribution is 2.24. The monoisotopic (exact) mass is 499 g/mol. The largest absolute Gasteiger partial charge is 0.316 e. The van der Waals surface area contributed by atoms with Crippen molar-refractivity contribution in [2.45, 2.75) is 31.7 Å². The second kappa shape index (κ2) is 9.46. The van der Waals surface area contributed by atoms with Gasteiger partial charge in [-0.05, 0) is 50.6 Å². The van der Waals surface area contributed by atoms with Crippen LogP contribution < -0.4 is 10.9 Å². The van der Waals surface area contributed by atoms with E-state index >= 15 is 0 Å². The molecule has 182 valence electrons. The smallest absolute Gasteiger partial charge is 0.295 e. The van der Waals surface area contributed by atoms with Crippen molar-refractivity contribution < 1.29 is 4.79 Å². The zero-order chi connectivity index (χ0) is 25.4. The summed E-state index contributed by atoms with van der Waals surface area (Å²) < 4.78 is 4.99. The maximum absolute atomic E-state index is 13.3. The molecule has 0 aliphatic rings. The number of fused-ring (bicyclic) bond motifs is 1. The van der Waals surface area contributed by atoms with Crippen LogP contribution in [0, 0.1) is 20.8 Å². The predicted molar refractivity (Wildman–Crippen MR) is 140 cm³/mol. The molecular formula is C26H25N7O2S. The molecule has 0 unspecified atom stereocenters. The van der Waals surface area contributed by atoms with Crippen LogP contribution in [0.1, 0.15) is 33.0 Å². The van der Waals surface area contributed by atoms with Crippen LogP contribution in [0.15, 0.2) is 70.6 Å². The highest BCUT2D eigenvalue weighted by molar-refractivity contribution is 7.98. The van der Waals surface area contributed by atoms with E-state index in [1.807, 2.05) is 75.4 Å². The molecule has 1 amide bonds. The number of anilines is 1. The van der Waals surface area contributed by atoms with Crippen molar-refractivity contribution in [1.29, 1.82) is 0 Å². The summed E-state index contributed by atoms with van der Waals surface area (Å²) in [6.45, 7) is 5.69. The molecule has 3 heterocycles. The lowest BCUT2D eigenvalue weighted by atomic mass is 10.1. The molecule has 2 aromatic carbocycles. The lowest BCUT2D eigenvalue weighted by Crippen LogP contribution is -2.23. The molecule has 0 spiro atoms. The minimum atomic E-state index is -0.340. The lowest BCUT2D eigenvalue weighted by molar-refractivity contribution is 0.102. The van der Waals surface area contributed by atoms with Crippen LogP contribution in [-0.2, 0) is 12.8 Å². The molecule has 9 nitrogen and oxygen atoms in total. The van der Waals surface area contributed by atoms with Crippen LogP contribution in [0.5, 0.6) is 0 Å². The quantitative estimate of drug-likeness (QED) is 0.354. The first-order valence-corrected chi connectivity index (χ1v) is 12.4. The van der Waals surface area contributed by atoms with Gasteiger partial charge in [-0.3, -0.25) is 14.3 Å². The first-order chi connectivity index (χ1) is 17.3. The fraction of sp³-hybridized carbons (Fsp3) is 0.192. The van der Waals surface area contributed by atoms with Gasteiger partial charge in [0, 0.05) is 29.8 Å². The molecule has 36 heavy (non-hydrogen) atoms. The molecule has 1 N–H and O–H groups in total. The topological polar surface area (TPSA) is 99.1 Å². The maximum Gasteiger partial charge on any atom is 0.295 e. The average molecular weight is 500 g/mol. The van der Waals surface area contributed by atoms with E-state index in [9.17, 15) is 9.59 Å². The van der Waals surface area contributed by atoms with Gasteiger partial charge in [-0.15, -0.1) is 5.10 Å². The van der Waals surface area contributed by atoms with Gasteiger partial charge in [0.05, 0.1) is 11.4 Å². The third kappa shape index (κ3) is 4.31. The van der Waals surface area contributed by atoms with Crippen molar-refractivity contribution in [3.05, 3.63) is 99.2 Å². The van der Waals surface area contributed by atoms with Gasteiger partial charge in [0.15, 0.2) is 0 Å². The second-order valence-electron chi connectivity index (χ2n) is 8.48. The summed E-state index contributed by atoms with van der Waals surface area (Å²) in [5, 5.41) is 7.97. The molecule has 5 aromatic rings. The number of carbonyl (C=O) groups excluding carboxylic acids is 1. The number of amides is 1. The molecular weight excluding hydrogens is 474 g/mol. The maximum atomic E-state index is 13.3. The number of thioether (sulfide) groups is 1. The number of nitrogens with one attached hydrogen (secondary N) is 1. The Labute approximate surface area is 211 Å². The fourth-order valence-electron chi connectivity index (χ4n) is 4.11. The molecule has 0 aliphatic heterocycles. The average Bonchev–Trinajstić information content (AvgIpc) is 3.37. The van der Waals surface area contributed by atoms with Gasteiger partial charge in [-0.1, -0.05) is 48.2 Å². The minimum Gasteiger partial charge on any atom is -0.316 e. The van der Waals surface area contributed by atoms with Crippen molar-refractivity contribution >= 4 is 29.1 Å². The minimum absolute atomic E-state index is 0.257. The third-order valence-electron chi connectivity index (χ3n) is 6.01. The second-order valence-corrected chi connectivity index (χ2v) is 9.42. The van der Waals surface area contributed by atoms with Crippen molar-refractivity contribution in [3.63, 3.8) is 0 Å². The van der Waals surface area contributed by atoms with Gasteiger partial charge in [0.25, 0.3) is 17.2 Å². The Morgan fingerprint density at radius 1 is 1.00 bits per heavy atom. The number of hydrogen-bond donors (Lipinski definition) is 1. The normalized spacial score (nSPS) is 11.2. The molecule has 0 fully saturated rings. The molecule has 0 bridgehead atoms. The molecule has 0 atom stereocenters. The molecule has 0 radical (unpaired) electrons. The van der Waals surface area contributed by atoms with Gasteiger partial charge < -0.3 is 5.32 Å². The number of benzene rings is 2. The van der Waals surface area contributed by atoms with Gasteiger partial charge in [-0.2, -0.15) is 4.98 Å². The molecule has 10 heteroatoms. The Balaban J connectivity index is 1.39.